The van der Waals surface area contributed by atoms with Crippen molar-refractivity contribution < 1.29 is 0 Å². The molecule has 2 rings (SSSR count). The summed E-state index contributed by atoms with van der Waals surface area (Å²) in [6.45, 7) is 11.5. The van der Waals surface area contributed by atoms with Crippen LogP contribution in [0.2, 0.25) is 0 Å². The number of allylic oxidation sites excluding steroid dienone is 7. The summed E-state index contributed by atoms with van der Waals surface area (Å²) >= 11 is 2.14. The SMILES string of the molecule is CC1=CCC(CC2=CC=CC2)(SC(C)(C)C)C(C)=C1. The van der Waals surface area contributed by atoms with Gasteiger partial charge in [-0.15, -0.1) is 11.8 Å². The third kappa shape index (κ3) is 3.66. The Bertz CT molecular complexity index is 468. The number of rotatable bonds is 3. The molecule has 2 aliphatic carbocycles. The lowest BCUT2D eigenvalue weighted by Gasteiger charge is -2.41. The number of hydrogen-bond donors (Lipinski definition) is 0. The van der Waals surface area contributed by atoms with Crippen LogP contribution in [0.5, 0.6) is 0 Å². The Kier molecular flexibility index (Phi) is 4.15. The number of thioether (sulfide) groups is 1. The maximum atomic E-state index is 2.41. The van der Waals surface area contributed by atoms with Gasteiger partial charge in [0.25, 0.3) is 0 Å². The van der Waals surface area contributed by atoms with Gasteiger partial charge in [0, 0.05) is 9.49 Å². The molecule has 0 saturated heterocycles. The van der Waals surface area contributed by atoms with Gasteiger partial charge < -0.3 is 0 Å². The van der Waals surface area contributed by atoms with Crippen molar-refractivity contribution in [2.24, 2.45) is 0 Å². The zero-order valence-electron chi connectivity index (χ0n) is 12.9. The Hall–Kier alpha value is -0.690. The molecule has 104 valence electrons. The summed E-state index contributed by atoms with van der Waals surface area (Å²) in [4.78, 5) is 0. The largest absolute Gasteiger partial charge is 0.144 e. The molecule has 0 N–H and O–H groups in total. The summed E-state index contributed by atoms with van der Waals surface area (Å²) in [6.07, 6.45) is 15.1. The zero-order valence-corrected chi connectivity index (χ0v) is 13.7. The molecule has 0 aromatic heterocycles. The van der Waals surface area contributed by atoms with Crippen LogP contribution in [0, 0.1) is 0 Å². The van der Waals surface area contributed by atoms with E-state index in [1.165, 1.54) is 18.4 Å². The topological polar surface area (TPSA) is 0 Å². The van der Waals surface area contributed by atoms with Gasteiger partial charge in [-0.25, -0.2) is 0 Å². The first-order valence-corrected chi connectivity index (χ1v) is 8.03. The van der Waals surface area contributed by atoms with E-state index in [1.807, 2.05) is 0 Å². The van der Waals surface area contributed by atoms with Gasteiger partial charge in [-0.1, -0.05) is 67.9 Å². The molecular weight excluding hydrogens is 248 g/mol. The fourth-order valence-corrected chi connectivity index (χ4v) is 4.78. The first-order chi connectivity index (χ1) is 8.81. The molecule has 2 aliphatic rings. The van der Waals surface area contributed by atoms with Crippen LogP contribution in [-0.2, 0) is 0 Å². The zero-order chi connectivity index (χ0) is 14.1. The standard InChI is InChI=1S/C18H26S/c1-14-10-11-18(15(2)12-14,19-17(3,4)5)13-16-8-6-7-9-16/h6-8,10,12H,9,11,13H2,1-5H3. The first-order valence-electron chi connectivity index (χ1n) is 7.21. The van der Waals surface area contributed by atoms with E-state index in [1.54, 1.807) is 11.1 Å². The van der Waals surface area contributed by atoms with E-state index in [0.717, 1.165) is 6.42 Å². The molecule has 19 heavy (non-hydrogen) atoms. The summed E-state index contributed by atoms with van der Waals surface area (Å²) < 4.78 is 0.552. The summed E-state index contributed by atoms with van der Waals surface area (Å²) in [6, 6.07) is 0. The second-order valence-electron chi connectivity index (χ2n) is 6.82. The van der Waals surface area contributed by atoms with Crippen LogP contribution >= 0.6 is 11.8 Å². The molecular formula is C18H26S. The van der Waals surface area contributed by atoms with Gasteiger partial charge in [-0.3, -0.25) is 0 Å². The average Bonchev–Trinajstić information content (AvgIpc) is 2.74. The lowest BCUT2D eigenvalue weighted by atomic mass is 9.83. The van der Waals surface area contributed by atoms with E-state index in [0.29, 0.717) is 4.75 Å². The molecule has 0 amide bonds. The van der Waals surface area contributed by atoms with E-state index in [9.17, 15) is 0 Å². The molecule has 1 heteroatoms. The molecule has 0 fully saturated rings. The lowest BCUT2D eigenvalue weighted by Crippen LogP contribution is -2.33. The third-order valence-corrected chi connectivity index (χ3v) is 5.41. The summed E-state index contributed by atoms with van der Waals surface area (Å²) in [5.74, 6) is 0. The Balaban J connectivity index is 2.26. The van der Waals surface area contributed by atoms with Crippen molar-refractivity contribution in [1.29, 1.82) is 0 Å². The Morgan fingerprint density at radius 1 is 1.26 bits per heavy atom. The van der Waals surface area contributed by atoms with Crippen molar-refractivity contribution in [1.82, 2.24) is 0 Å². The second kappa shape index (κ2) is 5.36. The Labute approximate surface area is 122 Å². The maximum absolute atomic E-state index is 2.41. The molecule has 0 nitrogen and oxygen atoms in total. The highest BCUT2D eigenvalue weighted by atomic mass is 32.2. The van der Waals surface area contributed by atoms with E-state index < -0.39 is 0 Å². The van der Waals surface area contributed by atoms with Crippen LogP contribution in [0.3, 0.4) is 0 Å². The summed E-state index contributed by atoms with van der Waals surface area (Å²) in [5, 5.41) is 0. The van der Waals surface area contributed by atoms with Crippen LogP contribution in [0.1, 0.15) is 53.9 Å². The van der Waals surface area contributed by atoms with Crippen molar-refractivity contribution in [2.45, 2.75) is 63.4 Å². The van der Waals surface area contributed by atoms with Crippen LogP contribution in [0.15, 0.2) is 47.1 Å². The van der Waals surface area contributed by atoms with Crippen LogP contribution in [0.25, 0.3) is 0 Å². The van der Waals surface area contributed by atoms with Gasteiger partial charge in [0.15, 0.2) is 0 Å². The van der Waals surface area contributed by atoms with Gasteiger partial charge in [0.05, 0.1) is 0 Å². The Morgan fingerprint density at radius 2 is 2.00 bits per heavy atom. The van der Waals surface area contributed by atoms with Gasteiger partial charge >= 0.3 is 0 Å². The van der Waals surface area contributed by atoms with Gasteiger partial charge in [0.2, 0.25) is 0 Å². The van der Waals surface area contributed by atoms with Crippen molar-refractivity contribution in [3.05, 3.63) is 47.1 Å². The minimum absolute atomic E-state index is 0.260. The normalized spacial score (nSPS) is 27.1. The molecule has 0 spiro atoms. The molecule has 0 saturated carbocycles. The smallest absolute Gasteiger partial charge is 0.0445 e. The molecule has 0 aromatic rings. The molecule has 1 unspecified atom stereocenters. The fraction of sp³-hybridized carbons (Fsp3) is 0.556. The van der Waals surface area contributed by atoms with Crippen molar-refractivity contribution in [3.63, 3.8) is 0 Å². The number of hydrogen-bond acceptors (Lipinski definition) is 1. The van der Waals surface area contributed by atoms with Gasteiger partial charge in [-0.05, 0) is 33.1 Å². The first kappa shape index (κ1) is 14.7. The van der Waals surface area contributed by atoms with E-state index in [2.05, 4.69) is 76.8 Å². The van der Waals surface area contributed by atoms with Gasteiger partial charge in [0.1, 0.15) is 0 Å². The molecule has 1 atom stereocenters. The third-order valence-electron chi connectivity index (χ3n) is 3.78. The summed E-state index contributed by atoms with van der Waals surface area (Å²) in [5.41, 5.74) is 4.54. The molecule has 0 heterocycles. The van der Waals surface area contributed by atoms with Gasteiger partial charge in [-0.2, -0.15) is 0 Å². The summed E-state index contributed by atoms with van der Waals surface area (Å²) in [7, 11) is 0. The van der Waals surface area contributed by atoms with Crippen LogP contribution in [-0.4, -0.2) is 9.49 Å². The minimum Gasteiger partial charge on any atom is -0.144 e. The molecule has 0 aliphatic heterocycles. The predicted octanol–water partition coefficient (Wildman–Crippen LogP) is 5.83. The lowest BCUT2D eigenvalue weighted by molar-refractivity contribution is 0.638. The second-order valence-corrected chi connectivity index (χ2v) is 9.03. The highest BCUT2D eigenvalue weighted by Gasteiger charge is 2.38. The molecule has 0 radical (unpaired) electrons. The fourth-order valence-electron chi connectivity index (χ4n) is 2.96. The molecule has 0 aromatic carbocycles. The Morgan fingerprint density at radius 3 is 2.53 bits per heavy atom. The highest BCUT2D eigenvalue weighted by Crippen LogP contribution is 2.50. The highest BCUT2D eigenvalue weighted by molar-refractivity contribution is 8.02. The maximum Gasteiger partial charge on any atom is 0.0445 e. The minimum atomic E-state index is 0.260. The van der Waals surface area contributed by atoms with E-state index in [4.69, 9.17) is 0 Å². The van der Waals surface area contributed by atoms with Crippen LogP contribution < -0.4 is 0 Å². The van der Waals surface area contributed by atoms with Crippen LogP contribution in [0.4, 0.5) is 0 Å². The van der Waals surface area contributed by atoms with Crippen molar-refractivity contribution in [3.8, 4) is 0 Å². The molecule has 0 bridgehead atoms. The predicted molar refractivity (Wildman–Crippen MR) is 88.7 cm³/mol. The van der Waals surface area contributed by atoms with E-state index in [-0.39, 0.29) is 4.75 Å². The van der Waals surface area contributed by atoms with E-state index >= 15 is 0 Å². The monoisotopic (exact) mass is 274 g/mol. The van der Waals surface area contributed by atoms with Crippen molar-refractivity contribution in [2.75, 3.05) is 0 Å². The quantitative estimate of drug-likeness (QED) is 0.624. The average molecular weight is 274 g/mol. The van der Waals surface area contributed by atoms with Crippen molar-refractivity contribution >= 4 is 11.8 Å².